The zero-order valence-electron chi connectivity index (χ0n) is 17.0. The van der Waals surface area contributed by atoms with Gasteiger partial charge in [-0.05, 0) is 45.0 Å². The maximum absolute atomic E-state index is 12.8. The van der Waals surface area contributed by atoms with Gasteiger partial charge in [0.25, 0.3) is 5.91 Å². The molecular formula is C20H27N3O6. The van der Waals surface area contributed by atoms with E-state index in [2.05, 4.69) is 0 Å². The molecule has 2 heterocycles. The van der Waals surface area contributed by atoms with E-state index in [1.54, 1.807) is 34.1 Å². The summed E-state index contributed by atoms with van der Waals surface area (Å²) in [4.78, 5) is 41.4. The predicted molar refractivity (Wildman–Crippen MR) is 105 cm³/mol. The lowest BCUT2D eigenvalue weighted by Gasteiger charge is -2.35. The van der Waals surface area contributed by atoms with E-state index in [4.69, 9.17) is 9.47 Å². The van der Waals surface area contributed by atoms with Crippen molar-refractivity contribution in [2.45, 2.75) is 32.4 Å². The van der Waals surface area contributed by atoms with Crippen LogP contribution in [0.4, 0.5) is 15.3 Å². The number of carbonyl (C=O) groups is 3. The fraction of sp³-hybridized carbons (Fsp3) is 0.550. The number of cyclic esters (lactones) is 1. The Labute approximate surface area is 169 Å². The van der Waals surface area contributed by atoms with Crippen LogP contribution in [0.1, 0.15) is 31.1 Å². The van der Waals surface area contributed by atoms with Gasteiger partial charge in [-0.2, -0.15) is 0 Å². The molecule has 0 aliphatic carbocycles. The van der Waals surface area contributed by atoms with Crippen molar-refractivity contribution in [2.75, 3.05) is 44.3 Å². The molecule has 3 amide bonds. The van der Waals surface area contributed by atoms with Gasteiger partial charge in [-0.25, -0.2) is 9.59 Å². The van der Waals surface area contributed by atoms with Gasteiger partial charge in [0, 0.05) is 37.4 Å². The Morgan fingerprint density at radius 3 is 2.24 bits per heavy atom. The number of aliphatic hydroxyl groups excluding tert-OH is 1. The first-order valence-corrected chi connectivity index (χ1v) is 9.64. The van der Waals surface area contributed by atoms with Crippen molar-refractivity contribution in [2.24, 2.45) is 0 Å². The molecule has 0 aromatic heterocycles. The topological polar surface area (TPSA) is 99.6 Å². The fourth-order valence-electron chi connectivity index (χ4n) is 3.28. The van der Waals surface area contributed by atoms with Gasteiger partial charge in [-0.15, -0.1) is 0 Å². The van der Waals surface area contributed by atoms with E-state index >= 15 is 0 Å². The third-order valence-electron chi connectivity index (χ3n) is 4.78. The summed E-state index contributed by atoms with van der Waals surface area (Å²) in [5.74, 6) is -0.136. The Hall–Kier alpha value is -2.81. The first kappa shape index (κ1) is 20.9. The largest absolute Gasteiger partial charge is 0.447 e. The van der Waals surface area contributed by atoms with Crippen LogP contribution in [0.15, 0.2) is 24.3 Å². The summed E-state index contributed by atoms with van der Waals surface area (Å²) < 4.78 is 10.3. The monoisotopic (exact) mass is 405 g/mol. The summed E-state index contributed by atoms with van der Waals surface area (Å²) in [6.07, 6.45) is -0.883. The van der Waals surface area contributed by atoms with Crippen molar-refractivity contribution >= 4 is 23.8 Å². The van der Waals surface area contributed by atoms with Crippen molar-refractivity contribution in [3.8, 4) is 0 Å². The summed E-state index contributed by atoms with van der Waals surface area (Å²) in [6, 6.07) is 6.21. The number of hydrogen-bond acceptors (Lipinski definition) is 6. The molecule has 0 spiro atoms. The Morgan fingerprint density at radius 1 is 1.10 bits per heavy atom. The molecule has 2 aliphatic heterocycles. The Bertz CT molecular complexity index is 765. The molecule has 9 heteroatoms. The molecule has 2 saturated heterocycles. The highest BCUT2D eigenvalue weighted by Gasteiger charge is 2.34. The molecule has 1 aromatic carbocycles. The average Bonchev–Trinajstić information content (AvgIpc) is 3.07. The molecule has 0 saturated carbocycles. The molecule has 9 nitrogen and oxygen atoms in total. The number of benzene rings is 1. The number of aliphatic hydroxyl groups is 1. The normalized spacial score (nSPS) is 19.9. The number of piperazine rings is 1. The van der Waals surface area contributed by atoms with Crippen molar-refractivity contribution < 1.29 is 29.0 Å². The molecule has 158 valence electrons. The average molecular weight is 405 g/mol. The van der Waals surface area contributed by atoms with Crippen LogP contribution < -0.4 is 4.90 Å². The third-order valence-corrected chi connectivity index (χ3v) is 4.78. The third kappa shape index (κ3) is 4.79. The zero-order valence-corrected chi connectivity index (χ0v) is 17.0. The number of rotatable bonds is 3. The van der Waals surface area contributed by atoms with Crippen LogP contribution in [0.5, 0.6) is 0 Å². The van der Waals surface area contributed by atoms with E-state index in [0.29, 0.717) is 37.4 Å². The fourth-order valence-corrected chi connectivity index (χ4v) is 3.28. The Balaban J connectivity index is 1.59. The number of amides is 3. The number of anilines is 1. The molecule has 2 fully saturated rings. The van der Waals surface area contributed by atoms with E-state index in [0.717, 1.165) is 0 Å². The van der Waals surface area contributed by atoms with E-state index in [-0.39, 0.29) is 25.2 Å². The van der Waals surface area contributed by atoms with Gasteiger partial charge in [-0.3, -0.25) is 9.69 Å². The Kier molecular flexibility index (Phi) is 5.97. The molecule has 0 radical (unpaired) electrons. The lowest BCUT2D eigenvalue weighted by Crippen LogP contribution is -2.51. The van der Waals surface area contributed by atoms with Crippen LogP contribution in [0.25, 0.3) is 0 Å². The van der Waals surface area contributed by atoms with E-state index in [9.17, 15) is 19.5 Å². The first-order valence-electron chi connectivity index (χ1n) is 9.64. The molecule has 29 heavy (non-hydrogen) atoms. The highest BCUT2D eigenvalue weighted by Crippen LogP contribution is 2.24. The van der Waals surface area contributed by atoms with Crippen molar-refractivity contribution in [1.29, 1.82) is 0 Å². The van der Waals surface area contributed by atoms with E-state index in [1.807, 2.05) is 20.8 Å². The van der Waals surface area contributed by atoms with Crippen LogP contribution in [-0.4, -0.2) is 84.0 Å². The minimum absolute atomic E-state index is 0.136. The molecule has 2 aliphatic rings. The second-order valence-corrected chi connectivity index (χ2v) is 8.09. The predicted octanol–water partition coefficient (Wildman–Crippen LogP) is 1.70. The lowest BCUT2D eigenvalue weighted by molar-refractivity contribution is 0.0141. The molecule has 1 atom stereocenters. The van der Waals surface area contributed by atoms with Gasteiger partial charge in [0.15, 0.2) is 0 Å². The SMILES string of the molecule is CC(C)(C)OC(=O)N1CCN(C(=O)c2ccc(N3C(=O)OC[C@H]3CO)cc2)CC1. The Morgan fingerprint density at radius 2 is 1.69 bits per heavy atom. The molecule has 1 N–H and O–H groups in total. The molecule has 0 unspecified atom stereocenters. The summed E-state index contributed by atoms with van der Waals surface area (Å²) in [6.45, 7) is 7.06. The molecular weight excluding hydrogens is 378 g/mol. The van der Waals surface area contributed by atoms with Crippen molar-refractivity contribution in [3.05, 3.63) is 29.8 Å². The standard InChI is InChI=1S/C20H27N3O6/c1-20(2,3)29-18(26)22-10-8-21(9-11-22)17(25)14-4-6-15(7-5-14)23-16(12-24)13-28-19(23)27/h4-7,16,24H,8-13H2,1-3H3/t16-/m1/s1. The summed E-state index contributed by atoms with van der Waals surface area (Å²) >= 11 is 0. The van der Waals surface area contributed by atoms with E-state index < -0.39 is 17.7 Å². The summed E-state index contributed by atoms with van der Waals surface area (Å²) in [5.41, 5.74) is 0.508. The summed E-state index contributed by atoms with van der Waals surface area (Å²) in [5, 5.41) is 9.38. The van der Waals surface area contributed by atoms with E-state index in [1.165, 1.54) is 4.90 Å². The second kappa shape index (κ2) is 8.28. The molecule has 0 bridgehead atoms. The van der Waals surface area contributed by atoms with Crippen LogP contribution in [0.2, 0.25) is 0 Å². The first-order chi connectivity index (χ1) is 13.7. The van der Waals surface area contributed by atoms with Gasteiger partial charge in [0.05, 0.1) is 12.6 Å². The van der Waals surface area contributed by atoms with Gasteiger partial charge in [0.2, 0.25) is 0 Å². The number of hydrogen-bond donors (Lipinski definition) is 1. The molecule has 3 rings (SSSR count). The summed E-state index contributed by atoms with van der Waals surface area (Å²) in [7, 11) is 0. The van der Waals surface area contributed by atoms with Gasteiger partial charge >= 0.3 is 12.2 Å². The minimum atomic E-state index is -0.553. The maximum Gasteiger partial charge on any atom is 0.414 e. The lowest BCUT2D eigenvalue weighted by atomic mass is 10.1. The highest BCUT2D eigenvalue weighted by molar-refractivity contribution is 5.96. The van der Waals surface area contributed by atoms with Gasteiger partial charge in [-0.1, -0.05) is 0 Å². The van der Waals surface area contributed by atoms with Gasteiger partial charge < -0.3 is 24.4 Å². The number of ether oxygens (including phenoxy) is 2. The van der Waals surface area contributed by atoms with Crippen molar-refractivity contribution in [3.63, 3.8) is 0 Å². The number of nitrogens with zero attached hydrogens (tertiary/aromatic N) is 3. The van der Waals surface area contributed by atoms with Crippen LogP contribution >= 0.6 is 0 Å². The maximum atomic E-state index is 12.8. The quantitative estimate of drug-likeness (QED) is 0.822. The smallest absolute Gasteiger partial charge is 0.414 e. The van der Waals surface area contributed by atoms with Crippen molar-refractivity contribution in [1.82, 2.24) is 9.80 Å². The van der Waals surface area contributed by atoms with Crippen LogP contribution in [0, 0.1) is 0 Å². The van der Waals surface area contributed by atoms with Crippen LogP contribution in [0.3, 0.4) is 0 Å². The molecule has 1 aromatic rings. The zero-order chi connectivity index (χ0) is 21.2. The highest BCUT2D eigenvalue weighted by atomic mass is 16.6. The van der Waals surface area contributed by atoms with Gasteiger partial charge in [0.1, 0.15) is 12.2 Å². The van der Waals surface area contributed by atoms with Crippen LogP contribution in [-0.2, 0) is 9.47 Å². The minimum Gasteiger partial charge on any atom is -0.447 e. The number of carbonyl (C=O) groups excluding carboxylic acids is 3. The second-order valence-electron chi connectivity index (χ2n) is 8.09.